The van der Waals surface area contributed by atoms with E-state index in [-0.39, 0.29) is 5.75 Å². The number of hydrogen-bond acceptors (Lipinski definition) is 3. The van der Waals surface area contributed by atoms with Gasteiger partial charge < -0.3 is 16.2 Å². The molecule has 13 heavy (non-hydrogen) atoms. The van der Waals surface area contributed by atoms with E-state index in [1.807, 2.05) is 0 Å². The molecule has 1 aromatic carbocycles. The summed E-state index contributed by atoms with van der Waals surface area (Å²) in [5, 5.41) is 11.8. The standard InChI is InChI=1S/C10H12N2O/c1-7(12-8(2)11)9-3-5-10(13)6-4-9/h3-6,12-13H,1-2,11H2. The molecule has 1 aromatic rings. The van der Waals surface area contributed by atoms with Crippen molar-refractivity contribution < 1.29 is 5.11 Å². The van der Waals surface area contributed by atoms with Crippen LogP contribution in [0, 0.1) is 0 Å². The molecule has 4 N–H and O–H groups in total. The Morgan fingerprint density at radius 1 is 1.23 bits per heavy atom. The lowest BCUT2D eigenvalue weighted by Gasteiger charge is -2.08. The van der Waals surface area contributed by atoms with E-state index in [1.54, 1.807) is 24.3 Å². The van der Waals surface area contributed by atoms with E-state index in [1.165, 1.54) is 0 Å². The maximum absolute atomic E-state index is 9.03. The maximum Gasteiger partial charge on any atom is 0.115 e. The molecule has 1 rings (SSSR count). The number of aromatic hydroxyl groups is 1. The number of phenols is 1. The van der Waals surface area contributed by atoms with E-state index in [4.69, 9.17) is 10.8 Å². The van der Waals surface area contributed by atoms with E-state index in [0.29, 0.717) is 11.5 Å². The fourth-order valence-corrected chi connectivity index (χ4v) is 0.929. The van der Waals surface area contributed by atoms with Gasteiger partial charge in [-0.05, 0) is 29.8 Å². The fourth-order valence-electron chi connectivity index (χ4n) is 0.929. The van der Waals surface area contributed by atoms with Crippen LogP contribution in [0.15, 0.2) is 43.2 Å². The highest BCUT2D eigenvalue weighted by Gasteiger charge is 1.97. The molecular formula is C10H12N2O. The Morgan fingerprint density at radius 2 is 1.77 bits per heavy atom. The molecule has 0 atom stereocenters. The molecule has 3 heteroatoms. The van der Waals surface area contributed by atoms with E-state index in [0.717, 1.165) is 5.56 Å². The third-order valence-corrected chi connectivity index (χ3v) is 1.53. The molecule has 0 amide bonds. The lowest BCUT2D eigenvalue weighted by Crippen LogP contribution is -2.16. The van der Waals surface area contributed by atoms with E-state index >= 15 is 0 Å². The Labute approximate surface area is 77.2 Å². The first-order valence-corrected chi connectivity index (χ1v) is 3.79. The molecule has 0 heterocycles. The first kappa shape index (κ1) is 9.19. The number of rotatable bonds is 3. The van der Waals surface area contributed by atoms with Gasteiger partial charge in [0.1, 0.15) is 5.75 Å². The van der Waals surface area contributed by atoms with Gasteiger partial charge >= 0.3 is 0 Å². The van der Waals surface area contributed by atoms with Crippen LogP contribution >= 0.6 is 0 Å². The first-order valence-electron chi connectivity index (χ1n) is 3.79. The zero-order valence-electron chi connectivity index (χ0n) is 7.25. The second-order valence-corrected chi connectivity index (χ2v) is 2.68. The second kappa shape index (κ2) is 3.67. The molecule has 0 radical (unpaired) electrons. The Morgan fingerprint density at radius 3 is 2.23 bits per heavy atom. The quantitative estimate of drug-likeness (QED) is 0.652. The van der Waals surface area contributed by atoms with Crippen LogP contribution in [0.3, 0.4) is 0 Å². The summed E-state index contributed by atoms with van der Waals surface area (Å²) in [6.07, 6.45) is 0. The molecule has 0 saturated carbocycles. The van der Waals surface area contributed by atoms with Gasteiger partial charge in [0, 0.05) is 5.70 Å². The first-order chi connectivity index (χ1) is 6.09. The average Bonchev–Trinajstić information content (AvgIpc) is 2.04. The van der Waals surface area contributed by atoms with Gasteiger partial charge in [-0.25, -0.2) is 0 Å². The molecule has 3 nitrogen and oxygen atoms in total. The Hall–Kier alpha value is -1.90. The lowest BCUT2D eigenvalue weighted by molar-refractivity contribution is 0.475. The number of nitrogens with one attached hydrogen (secondary N) is 1. The Kier molecular flexibility index (Phi) is 2.59. The van der Waals surface area contributed by atoms with Crippen molar-refractivity contribution >= 4 is 5.70 Å². The van der Waals surface area contributed by atoms with Crippen LogP contribution in [-0.4, -0.2) is 5.11 Å². The predicted molar refractivity (Wildman–Crippen MR) is 53.6 cm³/mol. The Bertz CT molecular complexity index is 327. The van der Waals surface area contributed by atoms with Crippen molar-refractivity contribution in [2.45, 2.75) is 0 Å². The zero-order valence-corrected chi connectivity index (χ0v) is 7.25. The summed E-state index contributed by atoms with van der Waals surface area (Å²) in [6, 6.07) is 6.66. The number of benzene rings is 1. The van der Waals surface area contributed by atoms with Gasteiger partial charge in [0.05, 0.1) is 5.82 Å². The van der Waals surface area contributed by atoms with Crippen molar-refractivity contribution in [2.75, 3.05) is 0 Å². The van der Waals surface area contributed by atoms with Crippen LogP contribution in [0.5, 0.6) is 5.75 Å². The van der Waals surface area contributed by atoms with Gasteiger partial charge in [0.25, 0.3) is 0 Å². The molecular weight excluding hydrogens is 164 g/mol. The number of nitrogens with two attached hydrogens (primary N) is 1. The van der Waals surface area contributed by atoms with Gasteiger partial charge in [-0.3, -0.25) is 0 Å². The van der Waals surface area contributed by atoms with Gasteiger partial charge in [0.15, 0.2) is 0 Å². The maximum atomic E-state index is 9.03. The SMILES string of the molecule is C=C(N)NC(=C)c1ccc(O)cc1. The van der Waals surface area contributed by atoms with E-state index in [9.17, 15) is 0 Å². The third-order valence-electron chi connectivity index (χ3n) is 1.53. The van der Waals surface area contributed by atoms with Crippen LogP contribution in [0.25, 0.3) is 5.70 Å². The summed E-state index contributed by atoms with van der Waals surface area (Å²) in [4.78, 5) is 0. The smallest absolute Gasteiger partial charge is 0.115 e. The highest BCUT2D eigenvalue weighted by Crippen LogP contribution is 2.14. The van der Waals surface area contributed by atoms with Crippen LogP contribution in [0.4, 0.5) is 0 Å². The van der Waals surface area contributed by atoms with Crippen LogP contribution in [0.2, 0.25) is 0 Å². The number of hydrogen-bond donors (Lipinski definition) is 3. The average molecular weight is 176 g/mol. The minimum absolute atomic E-state index is 0.225. The minimum Gasteiger partial charge on any atom is -0.508 e. The lowest BCUT2D eigenvalue weighted by atomic mass is 10.2. The summed E-state index contributed by atoms with van der Waals surface area (Å²) in [5.74, 6) is 0.571. The molecule has 0 unspecified atom stereocenters. The van der Waals surface area contributed by atoms with Gasteiger partial charge in [0.2, 0.25) is 0 Å². The molecule has 0 fully saturated rings. The molecule has 0 aliphatic rings. The molecule has 0 bridgehead atoms. The van der Waals surface area contributed by atoms with Gasteiger partial charge in [-0.15, -0.1) is 0 Å². The second-order valence-electron chi connectivity index (χ2n) is 2.68. The van der Waals surface area contributed by atoms with E-state index < -0.39 is 0 Å². The van der Waals surface area contributed by atoms with Crippen LogP contribution in [0.1, 0.15) is 5.56 Å². The zero-order chi connectivity index (χ0) is 9.84. The highest BCUT2D eigenvalue weighted by atomic mass is 16.3. The minimum atomic E-state index is 0.225. The van der Waals surface area contributed by atoms with Crippen molar-refractivity contribution in [3.05, 3.63) is 48.8 Å². The molecule has 0 saturated heterocycles. The Balaban J connectivity index is 2.78. The molecule has 0 aromatic heterocycles. The monoisotopic (exact) mass is 176 g/mol. The molecule has 0 spiro atoms. The van der Waals surface area contributed by atoms with Crippen molar-refractivity contribution in [2.24, 2.45) is 5.73 Å². The summed E-state index contributed by atoms with van der Waals surface area (Å²) in [7, 11) is 0. The van der Waals surface area contributed by atoms with Crippen molar-refractivity contribution in [3.63, 3.8) is 0 Å². The van der Waals surface area contributed by atoms with Crippen molar-refractivity contribution in [1.82, 2.24) is 5.32 Å². The number of phenolic OH excluding ortho intramolecular Hbond substituents is 1. The van der Waals surface area contributed by atoms with Crippen LogP contribution in [-0.2, 0) is 0 Å². The third kappa shape index (κ3) is 2.56. The summed E-state index contributed by atoms with van der Waals surface area (Å²) in [6.45, 7) is 7.26. The van der Waals surface area contributed by atoms with Crippen molar-refractivity contribution in [1.29, 1.82) is 0 Å². The topological polar surface area (TPSA) is 58.3 Å². The predicted octanol–water partition coefficient (Wildman–Crippen LogP) is 1.38. The van der Waals surface area contributed by atoms with Gasteiger partial charge in [-0.1, -0.05) is 13.2 Å². The highest BCUT2D eigenvalue weighted by molar-refractivity contribution is 5.63. The van der Waals surface area contributed by atoms with E-state index in [2.05, 4.69) is 18.5 Å². The van der Waals surface area contributed by atoms with Crippen LogP contribution < -0.4 is 11.1 Å². The summed E-state index contributed by atoms with van der Waals surface area (Å²) < 4.78 is 0. The molecule has 0 aliphatic carbocycles. The largest absolute Gasteiger partial charge is 0.508 e. The summed E-state index contributed by atoms with van der Waals surface area (Å²) in [5.41, 5.74) is 6.87. The summed E-state index contributed by atoms with van der Waals surface area (Å²) >= 11 is 0. The van der Waals surface area contributed by atoms with Gasteiger partial charge in [-0.2, -0.15) is 0 Å². The normalized spacial score (nSPS) is 9.23. The molecule has 68 valence electrons. The fraction of sp³-hybridized carbons (Fsp3) is 0. The van der Waals surface area contributed by atoms with Crippen molar-refractivity contribution in [3.8, 4) is 5.75 Å². The molecule has 0 aliphatic heterocycles.